The molecule has 18 heavy (non-hydrogen) atoms. The van der Waals surface area contributed by atoms with Crippen LogP contribution in [-0.2, 0) is 4.79 Å². The van der Waals surface area contributed by atoms with Crippen LogP contribution in [0.5, 0.6) is 0 Å². The summed E-state index contributed by atoms with van der Waals surface area (Å²) in [4.78, 5) is 11.9. The Morgan fingerprint density at radius 3 is 2.78 bits per heavy atom. The fourth-order valence-electron chi connectivity index (χ4n) is 3.26. The SMILES string of the molecule is CC1CCCC(CCNC(=O)C(C)C2CNC2)C1. The highest BCUT2D eigenvalue weighted by Crippen LogP contribution is 2.30. The van der Waals surface area contributed by atoms with Gasteiger partial charge in [0, 0.05) is 12.5 Å². The van der Waals surface area contributed by atoms with Crippen molar-refractivity contribution in [1.82, 2.24) is 10.6 Å². The molecule has 1 amide bonds. The zero-order chi connectivity index (χ0) is 13.0. The van der Waals surface area contributed by atoms with E-state index >= 15 is 0 Å². The molecule has 0 aromatic carbocycles. The van der Waals surface area contributed by atoms with E-state index in [4.69, 9.17) is 0 Å². The van der Waals surface area contributed by atoms with E-state index in [1.807, 2.05) is 0 Å². The molecule has 3 nitrogen and oxygen atoms in total. The summed E-state index contributed by atoms with van der Waals surface area (Å²) in [7, 11) is 0. The first kappa shape index (κ1) is 13.9. The minimum atomic E-state index is 0.177. The molecule has 3 atom stereocenters. The molecule has 2 aliphatic rings. The Morgan fingerprint density at radius 2 is 2.17 bits per heavy atom. The van der Waals surface area contributed by atoms with Gasteiger partial charge in [-0.15, -0.1) is 0 Å². The molecule has 1 saturated heterocycles. The van der Waals surface area contributed by atoms with Gasteiger partial charge in [0.05, 0.1) is 0 Å². The summed E-state index contributed by atoms with van der Waals surface area (Å²) in [5.74, 6) is 2.72. The average molecular weight is 252 g/mol. The van der Waals surface area contributed by atoms with Crippen molar-refractivity contribution in [3.8, 4) is 0 Å². The highest BCUT2D eigenvalue weighted by molar-refractivity contribution is 5.78. The number of rotatable bonds is 5. The van der Waals surface area contributed by atoms with Crippen molar-refractivity contribution >= 4 is 5.91 Å². The average Bonchev–Trinajstić information content (AvgIpc) is 2.26. The Kier molecular flexibility index (Phi) is 5.04. The Balaban J connectivity index is 1.60. The Morgan fingerprint density at radius 1 is 1.39 bits per heavy atom. The van der Waals surface area contributed by atoms with Gasteiger partial charge in [0.25, 0.3) is 0 Å². The number of carbonyl (C=O) groups excluding carboxylic acids is 1. The highest BCUT2D eigenvalue weighted by atomic mass is 16.1. The molecular formula is C15H28N2O. The molecule has 1 aliphatic heterocycles. The summed E-state index contributed by atoms with van der Waals surface area (Å²) in [6.45, 7) is 7.31. The first-order chi connectivity index (χ1) is 8.66. The summed E-state index contributed by atoms with van der Waals surface area (Å²) in [6.07, 6.45) is 6.67. The van der Waals surface area contributed by atoms with Gasteiger partial charge < -0.3 is 10.6 Å². The predicted molar refractivity (Wildman–Crippen MR) is 74.3 cm³/mol. The van der Waals surface area contributed by atoms with Crippen LogP contribution >= 0.6 is 0 Å². The van der Waals surface area contributed by atoms with Crippen LogP contribution in [0, 0.1) is 23.7 Å². The molecule has 0 aromatic rings. The van der Waals surface area contributed by atoms with E-state index in [1.54, 1.807) is 0 Å². The lowest BCUT2D eigenvalue weighted by Gasteiger charge is -2.32. The van der Waals surface area contributed by atoms with E-state index in [-0.39, 0.29) is 11.8 Å². The van der Waals surface area contributed by atoms with Gasteiger partial charge >= 0.3 is 0 Å². The maximum absolute atomic E-state index is 11.9. The zero-order valence-electron chi connectivity index (χ0n) is 11.9. The summed E-state index contributed by atoms with van der Waals surface area (Å²) in [5, 5.41) is 6.36. The molecule has 1 heterocycles. The lowest BCUT2D eigenvalue weighted by atomic mass is 9.81. The summed E-state index contributed by atoms with van der Waals surface area (Å²) >= 11 is 0. The quantitative estimate of drug-likeness (QED) is 0.787. The molecular weight excluding hydrogens is 224 g/mol. The van der Waals surface area contributed by atoms with Crippen LogP contribution in [0.4, 0.5) is 0 Å². The van der Waals surface area contributed by atoms with Gasteiger partial charge in [-0.3, -0.25) is 4.79 Å². The number of hydrogen-bond acceptors (Lipinski definition) is 2. The van der Waals surface area contributed by atoms with Crippen LogP contribution < -0.4 is 10.6 Å². The predicted octanol–water partition coefficient (Wildman–Crippen LogP) is 2.17. The topological polar surface area (TPSA) is 41.1 Å². The Bertz CT molecular complexity index is 276. The Hall–Kier alpha value is -0.570. The van der Waals surface area contributed by atoms with Gasteiger partial charge in [0.2, 0.25) is 5.91 Å². The van der Waals surface area contributed by atoms with E-state index in [0.29, 0.717) is 5.92 Å². The molecule has 3 unspecified atom stereocenters. The van der Waals surface area contributed by atoms with Gasteiger partial charge in [-0.1, -0.05) is 33.1 Å². The number of hydrogen-bond donors (Lipinski definition) is 2. The molecule has 0 spiro atoms. The van der Waals surface area contributed by atoms with Crippen molar-refractivity contribution < 1.29 is 4.79 Å². The van der Waals surface area contributed by atoms with Gasteiger partial charge in [-0.05, 0) is 43.7 Å². The molecule has 3 heteroatoms. The molecule has 2 N–H and O–H groups in total. The number of carbonyl (C=O) groups is 1. The molecule has 1 saturated carbocycles. The first-order valence-corrected chi connectivity index (χ1v) is 7.65. The largest absolute Gasteiger partial charge is 0.356 e. The van der Waals surface area contributed by atoms with Crippen molar-refractivity contribution in [2.24, 2.45) is 23.7 Å². The van der Waals surface area contributed by atoms with E-state index in [0.717, 1.165) is 31.5 Å². The summed E-state index contributed by atoms with van der Waals surface area (Å²) in [5.41, 5.74) is 0. The molecule has 104 valence electrons. The maximum Gasteiger partial charge on any atom is 0.223 e. The van der Waals surface area contributed by atoms with Gasteiger partial charge in [0.15, 0.2) is 0 Å². The second-order valence-electron chi connectivity index (χ2n) is 6.42. The third-order valence-corrected chi connectivity index (χ3v) is 4.83. The number of nitrogens with one attached hydrogen (secondary N) is 2. The second-order valence-corrected chi connectivity index (χ2v) is 6.42. The molecule has 0 radical (unpaired) electrons. The summed E-state index contributed by atoms with van der Waals surface area (Å²) < 4.78 is 0. The summed E-state index contributed by atoms with van der Waals surface area (Å²) in [6, 6.07) is 0. The molecule has 2 rings (SSSR count). The van der Waals surface area contributed by atoms with Gasteiger partial charge in [-0.2, -0.15) is 0 Å². The maximum atomic E-state index is 11.9. The van der Waals surface area contributed by atoms with Crippen LogP contribution in [0.2, 0.25) is 0 Å². The molecule has 0 aromatic heterocycles. The van der Waals surface area contributed by atoms with Gasteiger partial charge in [0.1, 0.15) is 0 Å². The van der Waals surface area contributed by atoms with Crippen molar-refractivity contribution in [1.29, 1.82) is 0 Å². The van der Waals surface area contributed by atoms with Crippen molar-refractivity contribution in [2.45, 2.75) is 46.0 Å². The number of amides is 1. The van der Waals surface area contributed by atoms with Crippen LogP contribution in [0.1, 0.15) is 46.0 Å². The lowest BCUT2D eigenvalue weighted by Crippen LogP contribution is -2.49. The lowest BCUT2D eigenvalue weighted by molar-refractivity contribution is -0.126. The van der Waals surface area contributed by atoms with Crippen molar-refractivity contribution in [3.63, 3.8) is 0 Å². The molecule has 2 fully saturated rings. The van der Waals surface area contributed by atoms with Crippen LogP contribution in [0.25, 0.3) is 0 Å². The first-order valence-electron chi connectivity index (χ1n) is 7.65. The zero-order valence-corrected chi connectivity index (χ0v) is 11.9. The normalized spacial score (nSPS) is 30.6. The van der Waals surface area contributed by atoms with E-state index in [1.165, 1.54) is 32.1 Å². The Labute approximate surface area is 111 Å². The minimum Gasteiger partial charge on any atom is -0.356 e. The fraction of sp³-hybridized carbons (Fsp3) is 0.933. The molecule has 0 bridgehead atoms. The molecule has 1 aliphatic carbocycles. The highest BCUT2D eigenvalue weighted by Gasteiger charge is 2.28. The standard InChI is InChI=1S/C15H28N2O/c1-11-4-3-5-13(8-11)6-7-17-15(18)12(2)14-9-16-10-14/h11-14,16H,3-10H2,1-2H3,(H,17,18). The van der Waals surface area contributed by atoms with Gasteiger partial charge in [-0.25, -0.2) is 0 Å². The monoisotopic (exact) mass is 252 g/mol. The second kappa shape index (κ2) is 6.55. The van der Waals surface area contributed by atoms with Crippen molar-refractivity contribution in [2.75, 3.05) is 19.6 Å². The third kappa shape index (κ3) is 3.71. The fourth-order valence-corrected chi connectivity index (χ4v) is 3.26. The van der Waals surface area contributed by atoms with Crippen LogP contribution in [-0.4, -0.2) is 25.5 Å². The van der Waals surface area contributed by atoms with Crippen LogP contribution in [0.15, 0.2) is 0 Å². The van der Waals surface area contributed by atoms with E-state index in [9.17, 15) is 4.79 Å². The minimum absolute atomic E-state index is 0.177. The van der Waals surface area contributed by atoms with E-state index < -0.39 is 0 Å². The smallest absolute Gasteiger partial charge is 0.223 e. The van der Waals surface area contributed by atoms with E-state index in [2.05, 4.69) is 24.5 Å². The third-order valence-electron chi connectivity index (χ3n) is 4.83. The van der Waals surface area contributed by atoms with Crippen molar-refractivity contribution in [3.05, 3.63) is 0 Å². The van der Waals surface area contributed by atoms with Crippen LogP contribution in [0.3, 0.4) is 0 Å².